The molecule has 0 bridgehead atoms. The maximum absolute atomic E-state index is 3.62. The van der Waals surface area contributed by atoms with Gasteiger partial charge >= 0.3 is 0 Å². The van der Waals surface area contributed by atoms with E-state index in [0.29, 0.717) is 5.41 Å². The molecule has 1 aliphatic rings. The summed E-state index contributed by atoms with van der Waals surface area (Å²) in [4.78, 5) is 5.03. The van der Waals surface area contributed by atoms with Crippen LogP contribution in [0.15, 0.2) is 0 Å². The number of nitrogens with one attached hydrogen (secondary N) is 1. The maximum atomic E-state index is 3.62. The average molecular weight is 269 g/mol. The minimum atomic E-state index is 0.365. The molecule has 0 aromatic rings. The molecule has 1 rings (SSSR count). The SMILES string of the molecule is CC(C)CNCC(C)(C)CN1CCCC1CN(C)C. The second-order valence-electron chi connectivity index (χ2n) is 7.72. The Morgan fingerprint density at radius 2 is 2.00 bits per heavy atom. The largest absolute Gasteiger partial charge is 0.316 e. The molecular formula is C16H35N3. The lowest BCUT2D eigenvalue weighted by Crippen LogP contribution is -2.45. The highest BCUT2D eigenvalue weighted by atomic mass is 15.2. The van der Waals surface area contributed by atoms with Crippen LogP contribution in [-0.2, 0) is 0 Å². The molecule has 3 heteroatoms. The highest BCUT2D eigenvalue weighted by Crippen LogP contribution is 2.24. The Hall–Kier alpha value is -0.120. The fourth-order valence-corrected chi connectivity index (χ4v) is 3.04. The summed E-state index contributed by atoms with van der Waals surface area (Å²) in [7, 11) is 4.37. The van der Waals surface area contributed by atoms with Crippen molar-refractivity contribution in [3.8, 4) is 0 Å². The zero-order valence-corrected chi connectivity index (χ0v) is 14.0. The number of likely N-dealkylation sites (tertiary alicyclic amines) is 1. The van der Waals surface area contributed by atoms with Crippen LogP contribution in [-0.4, -0.2) is 62.7 Å². The molecule has 0 aromatic carbocycles. The Kier molecular flexibility index (Phi) is 6.78. The third kappa shape index (κ3) is 6.73. The molecule has 114 valence electrons. The van der Waals surface area contributed by atoms with Crippen molar-refractivity contribution in [2.45, 2.75) is 46.6 Å². The molecule has 1 saturated heterocycles. The van der Waals surface area contributed by atoms with Gasteiger partial charge in [0.1, 0.15) is 0 Å². The first-order valence-electron chi connectivity index (χ1n) is 7.89. The van der Waals surface area contributed by atoms with Crippen LogP contribution in [0.4, 0.5) is 0 Å². The summed E-state index contributed by atoms with van der Waals surface area (Å²) in [6.07, 6.45) is 2.74. The van der Waals surface area contributed by atoms with Gasteiger partial charge in [-0.1, -0.05) is 27.7 Å². The number of likely N-dealkylation sites (N-methyl/N-ethyl adjacent to an activating group) is 1. The molecule has 1 atom stereocenters. The van der Waals surface area contributed by atoms with Crippen molar-refractivity contribution in [2.75, 3.05) is 46.8 Å². The molecule has 3 nitrogen and oxygen atoms in total. The standard InChI is InChI=1S/C16H35N3/c1-14(2)10-17-12-16(3,4)13-19-9-7-8-15(19)11-18(5)6/h14-15,17H,7-13H2,1-6H3. The van der Waals surface area contributed by atoms with Crippen LogP contribution < -0.4 is 5.32 Å². The Bertz CT molecular complexity index is 248. The first-order chi connectivity index (χ1) is 8.80. The normalized spacial score (nSPS) is 21.8. The fourth-order valence-electron chi connectivity index (χ4n) is 3.04. The van der Waals surface area contributed by atoms with E-state index in [1.807, 2.05) is 0 Å². The Balaban J connectivity index is 2.38. The predicted molar refractivity (Wildman–Crippen MR) is 84.6 cm³/mol. The molecule has 1 aliphatic heterocycles. The summed E-state index contributed by atoms with van der Waals surface area (Å²) in [6.45, 7) is 15.3. The highest BCUT2D eigenvalue weighted by Gasteiger charge is 2.30. The van der Waals surface area contributed by atoms with Gasteiger partial charge in [0.2, 0.25) is 0 Å². The molecule has 1 unspecified atom stereocenters. The summed E-state index contributed by atoms with van der Waals surface area (Å²) in [5.41, 5.74) is 0.365. The molecule has 1 heterocycles. The highest BCUT2D eigenvalue weighted by molar-refractivity contribution is 4.86. The van der Waals surface area contributed by atoms with E-state index >= 15 is 0 Å². The van der Waals surface area contributed by atoms with Gasteiger partial charge in [0, 0.05) is 25.7 Å². The van der Waals surface area contributed by atoms with E-state index in [9.17, 15) is 0 Å². The van der Waals surface area contributed by atoms with Gasteiger partial charge in [-0.2, -0.15) is 0 Å². The zero-order valence-electron chi connectivity index (χ0n) is 14.0. The topological polar surface area (TPSA) is 18.5 Å². The summed E-state index contributed by atoms with van der Waals surface area (Å²) in [5.74, 6) is 0.740. The lowest BCUT2D eigenvalue weighted by atomic mass is 9.92. The van der Waals surface area contributed by atoms with E-state index in [-0.39, 0.29) is 0 Å². The third-order valence-electron chi connectivity index (χ3n) is 3.86. The van der Waals surface area contributed by atoms with E-state index < -0.39 is 0 Å². The molecule has 1 N–H and O–H groups in total. The predicted octanol–water partition coefficient (Wildman–Crippen LogP) is 2.28. The van der Waals surface area contributed by atoms with Crippen LogP contribution >= 0.6 is 0 Å². The van der Waals surface area contributed by atoms with E-state index in [4.69, 9.17) is 0 Å². The molecule has 0 radical (unpaired) electrons. The van der Waals surface area contributed by atoms with Gasteiger partial charge in [-0.3, -0.25) is 4.90 Å². The van der Waals surface area contributed by atoms with Crippen molar-refractivity contribution in [2.24, 2.45) is 11.3 Å². The van der Waals surface area contributed by atoms with Crippen LogP contribution in [0.2, 0.25) is 0 Å². The van der Waals surface area contributed by atoms with Crippen molar-refractivity contribution >= 4 is 0 Å². The van der Waals surface area contributed by atoms with Gasteiger partial charge in [0.05, 0.1) is 0 Å². The summed E-state index contributed by atoms with van der Waals surface area (Å²) < 4.78 is 0. The summed E-state index contributed by atoms with van der Waals surface area (Å²) in [5, 5.41) is 3.62. The van der Waals surface area contributed by atoms with Crippen molar-refractivity contribution in [3.63, 3.8) is 0 Å². The molecular weight excluding hydrogens is 234 g/mol. The third-order valence-corrected chi connectivity index (χ3v) is 3.86. The van der Waals surface area contributed by atoms with Crippen molar-refractivity contribution < 1.29 is 0 Å². The maximum Gasteiger partial charge on any atom is 0.0223 e. The second-order valence-corrected chi connectivity index (χ2v) is 7.72. The van der Waals surface area contributed by atoms with Crippen molar-refractivity contribution in [1.29, 1.82) is 0 Å². The van der Waals surface area contributed by atoms with E-state index in [1.54, 1.807) is 0 Å². The smallest absolute Gasteiger partial charge is 0.0223 e. The first-order valence-corrected chi connectivity index (χ1v) is 7.89. The number of nitrogens with zero attached hydrogens (tertiary/aromatic N) is 2. The van der Waals surface area contributed by atoms with Gasteiger partial charge in [-0.05, 0) is 51.4 Å². The van der Waals surface area contributed by atoms with Gasteiger partial charge in [0.25, 0.3) is 0 Å². The Labute approximate surface area is 120 Å². The van der Waals surface area contributed by atoms with Crippen LogP contribution in [0, 0.1) is 11.3 Å². The van der Waals surface area contributed by atoms with E-state index in [2.05, 4.69) is 56.9 Å². The van der Waals surface area contributed by atoms with Crippen LogP contribution in [0.25, 0.3) is 0 Å². The lowest BCUT2D eigenvalue weighted by molar-refractivity contribution is 0.142. The molecule has 0 spiro atoms. The summed E-state index contributed by atoms with van der Waals surface area (Å²) >= 11 is 0. The van der Waals surface area contributed by atoms with Crippen LogP contribution in [0.3, 0.4) is 0 Å². The Morgan fingerprint density at radius 3 is 2.58 bits per heavy atom. The summed E-state index contributed by atoms with van der Waals surface area (Å²) in [6, 6.07) is 0.763. The quantitative estimate of drug-likeness (QED) is 0.729. The van der Waals surface area contributed by atoms with E-state index in [0.717, 1.165) is 25.0 Å². The number of hydrogen-bond acceptors (Lipinski definition) is 3. The molecule has 1 fully saturated rings. The van der Waals surface area contributed by atoms with Crippen molar-refractivity contribution in [1.82, 2.24) is 15.1 Å². The van der Waals surface area contributed by atoms with Crippen molar-refractivity contribution in [3.05, 3.63) is 0 Å². The average Bonchev–Trinajstić information content (AvgIpc) is 2.62. The molecule has 0 saturated carbocycles. The first kappa shape index (κ1) is 16.9. The van der Waals surface area contributed by atoms with Gasteiger partial charge < -0.3 is 10.2 Å². The van der Waals surface area contributed by atoms with Gasteiger partial charge in [-0.15, -0.1) is 0 Å². The van der Waals surface area contributed by atoms with Gasteiger partial charge in [-0.25, -0.2) is 0 Å². The minimum Gasteiger partial charge on any atom is -0.316 e. The second kappa shape index (κ2) is 7.61. The zero-order chi connectivity index (χ0) is 14.5. The lowest BCUT2D eigenvalue weighted by Gasteiger charge is -2.35. The molecule has 0 aromatic heterocycles. The number of rotatable bonds is 8. The molecule has 0 amide bonds. The van der Waals surface area contributed by atoms with Crippen LogP contribution in [0.5, 0.6) is 0 Å². The monoisotopic (exact) mass is 269 g/mol. The minimum absolute atomic E-state index is 0.365. The van der Waals surface area contributed by atoms with E-state index in [1.165, 1.54) is 32.5 Å². The van der Waals surface area contributed by atoms with Crippen LogP contribution in [0.1, 0.15) is 40.5 Å². The number of hydrogen-bond donors (Lipinski definition) is 1. The fraction of sp³-hybridized carbons (Fsp3) is 1.00. The molecule has 19 heavy (non-hydrogen) atoms. The van der Waals surface area contributed by atoms with Gasteiger partial charge in [0.15, 0.2) is 0 Å². The Morgan fingerprint density at radius 1 is 1.32 bits per heavy atom. The molecule has 0 aliphatic carbocycles.